The molecule has 2 aliphatic heterocycles. The van der Waals surface area contributed by atoms with Gasteiger partial charge in [0.2, 0.25) is 0 Å². The van der Waals surface area contributed by atoms with Crippen molar-refractivity contribution in [2.24, 2.45) is 5.92 Å². The summed E-state index contributed by atoms with van der Waals surface area (Å²) in [5.41, 5.74) is 0.721. The number of nitrogens with one attached hydrogen (secondary N) is 1. The number of piperidine rings is 1. The maximum Gasteiger partial charge on any atom is 0.251 e. The Morgan fingerprint density at radius 2 is 1.86 bits per heavy atom. The number of pyridine rings is 1. The van der Waals surface area contributed by atoms with Crippen molar-refractivity contribution in [1.29, 1.82) is 0 Å². The fourth-order valence-electron chi connectivity index (χ4n) is 4.87. The van der Waals surface area contributed by atoms with E-state index in [0.717, 1.165) is 50.7 Å². The Bertz CT molecular complexity index is 641. The van der Waals surface area contributed by atoms with Crippen LogP contribution in [0.5, 0.6) is 0 Å². The molecule has 0 bridgehead atoms. The number of anilines is 1. The van der Waals surface area contributed by atoms with E-state index in [1.807, 2.05) is 12.1 Å². The molecule has 3 heterocycles. The predicted octanol–water partition coefficient (Wildman–Crippen LogP) is 2.69. The molecule has 3 aliphatic rings. The zero-order valence-corrected chi connectivity index (χ0v) is 16.9. The van der Waals surface area contributed by atoms with Gasteiger partial charge in [-0.2, -0.15) is 0 Å². The molecule has 0 unspecified atom stereocenters. The van der Waals surface area contributed by atoms with Gasteiger partial charge in [0.1, 0.15) is 5.82 Å². The van der Waals surface area contributed by atoms with Crippen LogP contribution in [0.15, 0.2) is 18.3 Å². The second kappa shape index (κ2) is 9.70. The van der Waals surface area contributed by atoms with Gasteiger partial charge in [0.15, 0.2) is 0 Å². The summed E-state index contributed by atoms with van der Waals surface area (Å²) in [6, 6.07) is 4.06. The molecular formula is C22H34N4O2. The summed E-state index contributed by atoms with van der Waals surface area (Å²) in [6.45, 7) is 6.70. The van der Waals surface area contributed by atoms with Crippen LogP contribution in [0.25, 0.3) is 0 Å². The molecule has 1 aliphatic carbocycles. The van der Waals surface area contributed by atoms with Crippen LogP contribution >= 0.6 is 0 Å². The molecule has 0 radical (unpaired) electrons. The lowest BCUT2D eigenvalue weighted by atomic mass is 9.83. The van der Waals surface area contributed by atoms with Crippen LogP contribution in [0.3, 0.4) is 0 Å². The Morgan fingerprint density at radius 3 is 2.68 bits per heavy atom. The smallest absolute Gasteiger partial charge is 0.251 e. The van der Waals surface area contributed by atoms with Gasteiger partial charge in [0.05, 0.1) is 13.2 Å². The van der Waals surface area contributed by atoms with E-state index in [0.29, 0.717) is 12.0 Å². The largest absolute Gasteiger partial charge is 0.378 e. The summed E-state index contributed by atoms with van der Waals surface area (Å²) < 4.78 is 5.42. The molecule has 1 amide bonds. The number of carbonyl (C=O) groups excluding carboxylic acids is 1. The first-order chi connectivity index (χ1) is 13.8. The fourth-order valence-corrected chi connectivity index (χ4v) is 4.87. The van der Waals surface area contributed by atoms with Gasteiger partial charge < -0.3 is 19.9 Å². The van der Waals surface area contributed by atoms with Gasteiger partial charge in [-0.3, -0.25) is 4.79 Å². The van der Waals surface area contributed by atoms with Crippen molar-refractivity contribution in [2.45, 2.75) is 51.0 Å². The van der Waals surface area contributed by atoms with Crippen molar-refractivity contribution in [3.63, 3.8) is 0 Å². The van der Waals surface area contributed by atoms with Gasteiger partial charge in [-0.25, -0.2) is 4.98 Å². The minimum atomic E-state index is 0.0486. The first-order valence-corrected chi connectivity index (χ1v) is 11.1. The SMILES string of the molecule is O=C(N[C@@H]1CCCC[C@H]1CN1CCCCC1)c1ccnc(N2CCOCC2)c1. The lowest BCUT2D eigenvalue weighted by Gasteiger charge is -2.37. The number of nitrogens with zero attached hydrogens (tertiary/aromatic N) is 3. The topological polar surface area (TPSA) is 57.7 Å². The minimum Gasteiger partial charge on any atom is -0.378 e. The first kappa shape index (κ1) is 19.6. The summed E-state index contributed by atoms with van der Waals surface area (Å²) in [5, 5.41) is 3.37. The maximum absolute atomic E-state index is 13.0. The van der Waals surface area contributed by atoms with Crippen molar-refractivity contribution in [3.8, 4) is 0 Å². The molecule has 6 heteroatoms. The van der Waals surface area contributed by atoms with Crippen LogP contribution in [0.1, 0.15) is 55.3 Å². The van der Waals surface area contributed by atoms with E-state index in [-0.39, 0.29) is 5.91 Å². The summed E-state index contributed by atoms with van der Waals surface area (Å²) in [7, 11) is 0. The average molecular weight is 387 g/mol. The number of morpholine rings is 1. The molecule has 1 aromatic heterocycles. The lowest BCUT2D eigenvalue weighted by molar-refractivity contribution is 0.0877. The highest BCUT2D eigenvalue weighted by molar-refractivity contribution is 5.95. The maximum atomic E-state index is 13.0. The highest BCUT2D eigenvalue weighted by Gasteiger charge is 2.29. The number of hydrogen-bond donors (Lipinski definition) is 1. The molecule has 1 aromatic rings. The van der Waals surface area contributed by atoms with Gasteiger partial charge in [-0.1, -0.05) is 19.3 Å². The predicted molar refractivity (Wildman–Crippen MR) is 111 cm³/mol. The van der Waals surface area contributed by atoms with E-state index in [2.05, 4.69) is 20.1 Å². The zero-order valence-electron chi connectivity index (χ0n) is 16.9. The lowest BCUT2D eigenvalue weighted by Crippen LogP contribution is -2.47. The van der Waals surface area contributed by atoms with Crippen molar-refractivity contribution in [3.05, 3.63) is 23.9 Å². The molecule has 1 saturated carbocycles. The standard InChI is InChI=1S/C22H34N4O2/c27-22(18-8-9-23-21(16-18)26-12-14-28-15-13-26)24-20-7-3-2-6-19(20)17-25-10-4-1-5-11-25/h8-9,16,19-20H,1-7,10-15,17H2,(H,24,27)/t19-,20+/m0/s1. The molecule has 2 saturated heterocycles. The van der Waals surface area contributed by atoms with Crippen LogP contribution in [0.2, 0.25) is 0 Å². The number of hydrogen-bond acceptors (Lipinski definition) is 5. The minimum absolute atomic E-state index is 0.0486. The molecule has 0 spiro atoms. The normalized spacial score (nSPS) is 26.8. The van der Waals surface area contributed by atoms with Crippen molar-refractivity contribution in [2.75, 3.05) is 50.8 Å². The Balaban J connectivity index is 1.38. The number of carbonyl (C=O) groups is 1. The first-order valence-electron chi connectivity index (χ1n) is 11.1. The monoisotopic (exact) mass is 386 g/mol. The van der Waals surface area contributed by atoms with Gasteiger partial charge in [0, 0.05) is 37.4 Å². The number of likely N-dealkylation sites (tertiary alicyclic amines) is 1. The van der Waals surface area contributed by atoms with Crippen LogP contribution < -0.4 is 10.2 Å². The van der Waals surface area contributed by atoms with E-state index in [9.17, 15) is 4.79 Å². The van der Waals surface area contributed by atoms with Gasteiger partial charge in [-0.15, -0.1) is 0 Å². The Morgan fingerprint density at radius 1 is 1.07 bits per heavy atom. The number of aromatic nitrogens is 1. The zero-order chi connectivity index (χ0) is 19.2. The molecule has 2 atom stereocenters. The van der Waals surface area contributed by atoms with Gasteiger partial charge in [-0.05, 0) is 56.8 Å². The van der Waals surface area contributed by atoms with E-state index >= 15 is 0 Å². The second-order valence-corrected chi connectivity index (χ2v) is 8.49. The second-order valence-electron chi connectivity index (χ2n) is 8.49. The fraction of sp³-hybridized carbons (Fsp3) is 0.727. The van der Waals surface area contributed by atoms with Crippen molar-refractivity contribution >= 4 is 11.7 Å². The highest BCUT2D eigenvalue weighted by atomic mass is 16.5. The third-order valence-corrected chi connectivity index (χ3v) is 6.51. The number of ether oxygens (including phenoxy) is 1. The number of rotatable bonds is 5. The quantitative estimate of drug-likeness (QED) is 0.843. The van der Waals surface area contributed by atoms with Crippen molar-refractivity contribution in [1.82, 2.24) is 15.2 Å². The molecule has 4 rings (SSSR count). The molecule has 28 heavy (non-hydrogen) atoms. The van der Waals surface area contributed by atoms with E-state index in [1.54, 1.807) is 6.20 Å². The van der Waals surface area contributed by atoms with Crippen LogP contribution in [-0.2, 0) is 4.74 Å². The number of amides is 1. The van der Waals surface area contributed by atoms with Gasteiger partial charge in [0.25, 0.3) is 5.91 Å². The van der Waals surface area contributed by atoms with Crippen molar-refractivity contribution < 1.29 is 9.53 Å². The van der Waals surface area contributed by atoms with Crippen LogP contribution in [0.4, 0.5) is 5.82 Å². The Kier molecular flexibility index (Phi) is 6.81. The van der Waals surface area contributed by atoms with Crippen LogP contribution in [0, 0.1) is 5.92 Å². The van der Waals surface area contributed by atoms with Crippen LogP contribution in [-0.4, -0.2) is 67.8 Å². The van der Waals surface area contributed by atoms with E-state index in [1.165, 1.54) is 51.6 Å². The molecule has 1 N–H and O–H groups in total. The highest BCUT2D eigenvalue weighted by Crippen LogP contribution is 2.27. The third-order valence-electron chi connectivity index (χ3n) is 6.51. The molecule has 3 fully saturated rings. The summed E-state index contributed by atoms with van der Waals surface area (Å²) in [4.78, 5) is 22.3. The Hall–Kier alpha value is -1.66. The molecule has 6 nitrogen and oxygen atoms in total. The third kappa shape index (κ3) is 5.03. The van der Waals surface area contributed by atoms with E-state index < -0.39 is 0 Å². The Labute approximate surface area is 168 Å². The summed E-state index contributed by atoms with van der Waals surface area (Å²) in [5.74, 6) is 1.51. The van der Waals surface area contributed by atoms with Gasteiger partial charge >= 0.3 is 0 Å². The summed E-state index contributed by atoms with van der Waals surface area (Å²) >= 11 is 0. The summed E-state index contributed by atoms with van der Waals surface area (Å²) in [6.07, 6.45) is 10.6. The van der Waals surface area contributed by atoms with E-state index in [4.69, 9.17) is 4.74 Å². The molecule has 0 aromatic carbocycles. The molecular weight excluding hydrogens is 352 g/mol. The average Bonchev–Trinajstić information content (AvgIpc) is 2.76. The molecule has 154 valence electrons.